The minimum absolute atomic E-state index is 0. The molecule has 0 heterocycles. The van der Waals surface area contributed by atoms with Crippen LogP contribution in [0, 0.1) is 6.92 Å². The van der Waals surface area contributed by atoms with E-state index >= 15 is 0 Å². The molecule has 0 aromatic heterocycles. The largest absolute Gasteiger partial charge is 1.00 e. The summed E-state index contributed by atoms with van der Waals surface area (Å²) in [5, 5.41) is 24.9. The van der Waals surface area contributed by atoms with Crippen molar-refractivity contribution in [2.45, 2.75) is 11.8 Å². The number of halogens is 2. The molecule has 0 saturated heterocycles. The summed E-state index contributed by atoms with van der Waals surface area (Å²) in [6, 6.07) is 15.5. The Kier molecular flexibility index (Phi) is 9.43. The second kappa shape index (κ2) is 12.0. The normalized spacial score (nSPS) is 11.4. The number of aryl methyl sites for hydroxylation is 1. The van der Waals surface area contributed by atoms with Crippen LogP contribution in [0.4, 0.5) is 17.1 Å². The van der Waals surface area contributed by atoms with Gasteiger partial charge in [-0.05, 0) is 42.1 Å². The van der Waals surface area contributed by atoms with E-state index in [1.807, 2.05) is 0 Å². The quantitative estimate of drug-likeness (QED) is 0.203. The second-order valence-corrected chi connectivity index (χ2v) is 9.96. The van der Waals surface area contributed by atoms with Gasteiger partial charge in [0.05, 0.1) is 23.5 Å². The summed E-state index contributed by atoms with van der Waals surface area (Å²) in [5.74, 6) is -1.11. The standard InChI is InChI=1S/C25H19Cl2N3O6S.Na/c1-13-10-11-19(37(33,34)35)21(27)22(13)29-30-23-15-7-4-3-6-14(15)12-16(24(23)31)25(32)28-17-8-5-9-18(36-2)20(17)26;/h3-12,31H,1-2H3,(H,28,32)(H,33,34,35);/q;+1/p-1. The molecule has 190 valence electrons. The van der Waals surface area contributed by atoms with Crippen LogP contribution in [0.5, 0.6) is 11.5 Å². The molecule has 0 aliphatic carbocycles. The monoisotopic (exact) mass is 581 g/mol. The van der Waals surface area contributed by atoms with Gasteiger partial charge in [0.25, 0.3) is 16.0 Å². The molecule has 13 heteroatoms. The molecule has 0 atom stereocenters. The van der Waals surface area contributed by atoms with Gasteiger partial charge < -0.3 is 15.2 Å². The zero-order valence-corrected chi connectivity index (χ0v) is 24.6. The van der Waals surface area contributed by atoms with Crippen LogP contribution in [-0.4, -0.2) is 26.0 Å². The van der Waals surface area contributed by atoms with Crippen molar-refractivity contribution >= 4 is 67.1 Å². The predicted molar refractivity (Wildman–Crippen MR) is 140 cm³/mol. The number of benzene rings is 4. The van der Waals surface area contributed by atoms with Gasteiger partial charge in [-0.25, -0.2) is 0 Å². The first kappa shape index (κ1) is 29.9. The Bertz CT molecular complexity index is 1700. The first-order chi connectivity index (χ1) is 17.5. The number of rotatable bonds is 6. The number of amides is 1. The number of ether oxygens (including phenoxy) is 1. The number of anilines is 1. The van der Waals surface area contributed by atoms with E-state index in [2.05, 4.69) is 15.5 Å². The Labute approximate surface area is 250 Å². The molecule has 1 amide bonds. The van der Waals surface area contributed by atoms with Crippen molar-refractivity contribution < 1.29 is 57.2 Å². The summed E-state index contributed by atoms with van der Waals surface area (Å²) < 4.78 is 37.9. The van der Waals surface area contributed by atoms with Crippen LogP contribution in [0.3, 0.4) is 0 Å². The van der Waals surface area contributed by atoms with Crippen molar-refractivity contribution in [1.82, 2.24) is 0 Å². The van der Waals surface area contributed by atoms with Gasteiger partial charge in [0.2, 0.25) is 0 Å². The van der Waals surface area contributed by atoms with E-state index in [0.717, 1.165) is 6.07 Å². The minimum Gasteiger partial charge on any atom is -0.870 e. The van der Waals surface area contributed by atoms with Gasteiger partial charge in [0, 0.05) is 10.9 Å². The minimum atomic E-state index is -4.62. The van der Waals surface area contributed by atoms with Gasteiger partial charge in [-0.1, -0.05) is 65.3 Å². The molecular weight excluding hydrogens is 564 g/mol. The van der Waals surface area contributed by atoms with Gasteiger partial charge >= 0.3 is 29.6 Å². The van der Waals surface area contributed by atoms with Crippen LogP contribution in [0.2, 0.25) is 10.0 Å². The number of nitrogens with zero attached hydrogens (tertiary/aromatic N) is 2. The molecule has 0 fully saturated rings. The maximum atomic E-state index is 13.4. The van der Waals surface area contributed by atoms with Gasteiger partial charge in [0.1, 0.15) is 21.4 Å². The number of azo groups is 1. The fraction of sp³-hybridized carbons (Fsp3) is 0.0800. The van der Waals surface area contributed by atoms with Crippen LogP contribution < -0.4 is 44.7 Å². The van der Waals surface area contributed by atoms with Crippen LogP contribution in [-0.2, 0) is 10.1 Å². The van der Waals surface area contributed by atoms with Crippen molar-refractivity contribution in [3.05, 3.63) is 81.8 Å². The van der Waals surface area contributed by atoms with E-state index in [0.29, 0.717) is 22.1 Å². The fourth-order valence-electron chi connectivity index (χ4n) is 3.60. The molecule has 4 rings (SSSR count). The maximum Gasteiger partial charge on any atom is 1.00 e. The summed E-state index contributed by atoms with van der Waals surface area (Å²) >= 11 is 12.5. The molecule has 9 nitrogen and oxygen atoms in total. The fourth-order valence-corrected chi connectivity index (χ4v) is 4.95. The number of hydrogen-bond donors (Lipinski definition) is 2. The van der Waals surface area contributed by atoms with Gasteiger partial charge in [-0.15, -0.1) is 5.11 Å². The molecule has 0 spiro atoms. The molecule has 0 saturated carbocycles. The Morgan fingerprint density at radius 2 is 1.68 bits per heavy atom. The average Bonchev–Trinajstić information content (AvgIpc) is 2.85. The Morgan fingerprint density at radius 1 is 1.00 bits per heavy atom. The van der Waals surface area contributed by atoms with Crippen LogP contribution >= 0.6 is 23.2 Å². The second-order valence-electron chi connectivity index (χ2n) is 7.82. The molecule has 0 bridgehead atoms. The average molecular weight is 582 g/mol. The number of hydrogen-bond acceptors (Lipinski definition) is 7. The van der Waals surface area contributed by atoms with E-state index in [4.69, 9.17) is 27.9 Å². The third kappa shape index (κ3) is 5.97. The van der Waals surface area contributed by atoms with E-state index in [-0.39, 0.29) is 62.2 Å². The molecule has 4 aromatic carbocycles. The first-order valence-electron chi connectivity index (χ1n) is 10.6. The molecule has 0 aliphatic rings. The predicted octanol–water partition coefficient (Wildman–Crippen LogP) is 3.46. The molecule has 4 aromatic rings. The molecule has 0 radical (unpaired) electrons. The van der Waals surface area contributed by atoms with Gasteiger partial charge in [-0.2, -0.15) is 13.5 Å². The van der Waals surface area contributed by atoms with Gasteiger partial charge in [-0.3, -0.25) is 9.35 Å². The molecule has 2 N–H and O–H groups in total. The van der Waals surface area contributed by atoms with Crippen molar-refractivity contribution in [2.75, 3.05) is 12.4 Å². The topological polar surface area (TPSA) is 140 Å². The third-order valence-corrected chi connectivity index (χ3v) is 7.24. The zero-order valence-electron chi connectivity index (χ0n) is 20.3. The maximum absolute atomic E-state index is 13.4. The van der Waals surface area contributed by atoms with E-state index < -0.39 is 26.7 Å². The number of carbonyl (C=O) groups excluding carboxylic acids is 1. The summed E-state index contributed by atoms with van der Waals surface area (Å²) in [6.45, 7) is 1.60. The van der Waals surface area contributed by atoms with E-state index in [9.17, 15) is 22.9 Å². The summed E-state index contributed by atoms with van der Waals surface area (Å²) in [7, 11) is -3.19. The van der Waals surface area contributed by atoms with Crippen LogP contribution in [0.25, 0.3) is 10.8 Å². The number of fused-ring (bicyclic) bond motifs is 1. The van der Waals surface area contributed by atoms with E-state index in [1.54, 1.807) is 49.4 Å². The molecule has 0 unspecified atom stereocenters. The summed E-state index contributed by atoms with van der Waals surface area (Å²) in [5.41, 5.74) is 0.248. The number of methoxy groups -OCH3 is 1. The van der Waals surface area contributed by atoms with Crippen molar-refractivity contribution in [2.24, 2.45) is 10.2 Å². The molecule has 38 heavy (non-hydrogen) atoms. The number of carbonyl (C=O) groups is 1. The summed E-state index contributed by atoms with van der Waals surface area (Å²) in [4.78, 5) is 12.6. The number of nitrogens with one attached hydrogen (secondary N) is 1. The Balaban J connectivity index is 0.00000400. The van der Waals surface area contributed by atoms with Gasteiger partial charge in [0.15, 0.2) is 0 Å². The Morgan fingerprint density at radius 3 is 2.37 bits per heavy atom. The molecular formula is C25H18Cl2N3NaO6S. The van der Waals surface area contributed by atoms with E-state index in [1.165, 1.54) is 19.2 Å². The van der Waals surface area contributed by atoms with Crippen LogP contribution in [0.1, 0.15) is 15.9 Å². The van der Waals surface area contributed by atoms with Crippen LogP contribution in [0.15, 0.2) is 75.8 Å². The van der Waals surface area contributed by atoms with Crippen molar-refractivity contribution in [1.29, 1.82) is 0 Å². The Hall–Kier alpha value is -2.70. The zero-order chi connectivity index (χ0) is 26.9. The SMILES string of the molecule is COc1cccc(NC(=O)c2cc3ccccc3c(N=Nc3c(C)ccc(S(=O)(=O)O)c3Cl)c2[O-])c1Cl.[Na+]. The smallest absolute Gasteiger partial charge is 0.870 e. The summed E-state index contributed by atoms with van der Waals surface area (Å²) in [6.07, 6.45) is 0. The third-order valence-electron chi connectivity index (χ3n) is 5.46. The molecule has 0 aliphatic heterocycles. The van der Waals surface area contributed by atoms with Crippen molar-refractivity contribution in [3.63, 3.8) is 0 Å². The van der Waals surface area contributed by atoms with Crippen molar-refractivity contribution in [3.8, 4) is 11.5 Å². The first-order valence-corrected chi connectivity index (χ1v) is 12.8.